The molecule has 0 bridgehead atoms. The van der Waals surface area contributed by atoms with Crippen LogP contribution in [-0.2, 0) is 4.79 Å². The Balaban J connectivity index is 1.74. The first-order chi connectivity index (χ1) is 8.74. The first-order valence-corrected chi connectivity index (χ1v) is 6.62. The molecule has 0 spiro atoms. The Bertz CT molecular complexity index is 400. The van der Waals surface area contributed by atoms with Gasteiger partial charge in [0, 0.05) is 24.3 Å². The number of nitrogens with zero attached hydrogens (tertiary/aromatic N) is 1. The molecule has 0 atom stereocenters. The van der Waals surface area contributed by atoms with E-state index in [9.17, 15) is 4.79 Å². The molecule has 1 aliphatic rings. The van der Waals surface area contributed by atoms with Gasteiger partial charge < -0.3 is 16.0 Å². The summed E-state index contributed by atoms with van der Waals surface area (Å²) in [7, 11) is 0. The minimum atomic E-state index is 0.0613. The normalized spacial score (nSPS) is 16.4. The van der Waals surface area contributed by atoms with E-state index in [-0.39, 0.29) is 5.91 Å². The zero-order chi connectivity index (χ0) is 12.8. The van der Waals surface area contributed by atoms with Gasteiger partial charge in [-0.15, -0.1) is 0 Å². The highest BCUT2D eigenvalue weighted by Crippen LogP contribution is 2.13. The third kappa shape index (κ3) is 4.04. The topological polar surface area (TPSA) is 58.4 Å². The minimum absolute atomic E-state index is 0.0613. The van der Waals surface area contributed by atoms with Crippen molar-refractivity contribution in [1.29, 1.82) is 0 Å². The van der Waals surface area contributed by atoms with E-state index in [1.54, 1.807) is 6.07 Å². The van der Waals surface area contributed by atoms with Crippen LogP contribution in [0.15, 0.2) is 24.3 Å². The van der Waals surface area contributed by atoms with Crippen LogP contribution in [-0.4, -0.2) is 30.4 Å². The fourth-order valence-electron chi connectivity index (χ4n) is 2.28. The second kappa shape index (κ2) is 6.40. The molecular weight excluding hydrogens is 226 g/mol. The van der Waals surface area contributed by atoms with E-state index in [0.29, 0.717) is 12.1 Å². The second-order valence-corrected chi connectivity index (χ2v) is 4.83. The van der Waals surface area contributed by atoms with Gasteiger partial charge in [-0.3, -0.25) is 4.79 Å². The lowest BCUT2D eigenvalue weighted by Crippen LogP contribution is -2.32. The summed E-state index contributed by atoms with van der Waals surface area (Å²) >= 11 is 0. The van der Waals surface area contributed by atoms with Crippen molar-refractivity contribution in [3.05, 3.63) is 24.3 Å². The lowest BCUT2D eigenvalue weighted by atomic mass is 10.1. The van der Waals surface area contributed by atoms with Gasteiger partial charge in [0.05, 0.1) is 0 Å². The number of amides is 1. The fraction of sp³-hybridized carbons (Fsp3) is 0.500. The Morgan fingerprint density at radius 3 is 2.78 bits per heavy atom. The molecule has 1 heterocycles. The van der Waals surface area contributed by atoms with Crippen molar-refractivity contribution in [2.24, 2.45) is 0 Å². The number of hydrogen-bond acceptors (Lipinski definition) is 3. The highest BCUT2D eigenvalue weighted by molar-refractivity contribution is 5.91. The molecule has 4 nitrogen and oxygen atoms in total. The smallest absolute Gasteiger partial charge is 0.225 e. The van der Waals surface area contributed by atoms with Crippen molar-refractivity contribution >= 4 is 17.3 Å². The quantitative estimate of drug-likeness (QED) is 0.801. The lowest BCUT2D eigenvalue weighted by Gasteiger charge is -2.25. The number of nitrogens with one attached hydrogen (secondary N) is 1. The fourth-order valence-corrected chi connectivity index (χ4v) is 2.28. The monoisotopic (exact) mass is 247 g/mol. The van der Waals surface area contributed by atoms with Crippen molar-refractivity contribution < 1.29 is 4.79 Å². The molecule has 0 saturated carbocycles. The van der Waals surface area contributed by atoms with Crippen LogP contribution in [0, 0.1) is 0 Å². The number of nitrogen functional groups attached to an aromatic ring is 1. The van der Waals surface area contributed by atoms with Gasteiger partial charge in [0.2, 0.25) is 5.91 Å². The zero-order valence-electron chi connectivity index (χ0n) is 10.7. The van der Waals surface area contributed by atoms with Gasteiger partial charge >= 0.3 is 0 Å². The molecule has 0 unspecified atom stereocenters. The molecule has 3 N–H and O–H groups in total. The van der Waals surface area contributed by atoms with Crippen LogP contribution in [0.2, 0.25) is 0 Å². The largest absolute Gasteiger partial charge is 0.399 e. The van der Waals surface area contributed by atoms with Gasteiger partial charge in [-0.2, -0.15) is 0 Å². The third-order valence-corrected chi connectivity index (χ3v) is 3.27. The molecule has 1 aromatic rings. The summed E-state index contributed by atoms with van der Waals surface area (Å²) in [6.07, 6.45) is 4.40. The first kappa shape index (κ1) is 12.9. The van der Waals surface area contributed by atoms with Gasteiger partial charge in [-0.05, 0) is 44.1 Å². The summed E-state index contributed by atoms with van der Waals surface area (Å²) in [5.74, 6) is 0.0613. The van der Waals surface area contributed by atoms with E-state index < -0.39 is 0 Å². The van der Waals surface area contributed by atoms with Crippen molar-refractivity contribution in [3.63, 3.8) is 0 Å². The highest BCUT2D eigenvalue weighted by Gasteiger charge is 2.11. The Morgan fingerprint density at radius 1 is 1.28 bits per heavy atom. The Morgan fingerprint density at radius 2 is 2.06 bits per heavy atom. The van der Waals surface area contributed by atoms with E-state index in [1.165, 1.54) is 19.3 Å². The third-order valence-electron chi connectivity index (χ3n) is 3.27. The number of likely N-dealkylation sites (tertiary alicyclic amines) is 1. The summed E-state index contributed by atoms with van der Waals surface area (Å²) in [5.41, 5.74) is 7.11. The summed E-state index contributed by atoms with van der Waals surface area (Å²) in [5, 5.41) is 2.88. The van der Waals surface area contributed by atoms with E-state index in [0.717, 1.165) is 25.3 Å². The number of carbonyl (C=O) groups excluding carboxylic acids is 1. The van der Waals surface area contributed by atoms with E-state index in [1.807, 2.05) is 18.2 Å². The molecule has 1 saturated heterocycles. The minimum Gasteiger partial charge on any atom is -0.399 e. The first-order valence-electron chi connectivity index (χ1n) is 6.62. The highest BCUT2D eigenvalue weighted by atomic mass is 16.1. The maximum atomic E-state index is 11.8. The van der Waals surface area contributed by atoms with Gasteiger partial charge in [0.1, 0.15) is 0 Å². The predicted octanol–water partition coefficient (Wildman–Crippen LogP) is 2.08. The van der Waals surface area contributed by atoms with Crippen LogP contribution in [0.5, 0.6) is 0 Å². The van der Waals surface area contributed by atoms with Crippen LogP contribution >= 0.6 is 0 Å². The van der Waals surface area contributed by atoms with Crippen molar-refractivity contribution in [3.8, 4) is 0 Å². The Labute approximate surface area is 108 Å². The average molecular weight is 247 g/mol. The van der Waals surface area contributed by atoms with Crippen LogP contribution in [0.1, 0.15) is 25.7 Å². The molecule has 0 aliphatic carbocycles. The molecule has 98 valence electrons. The summed E-state index contributed by atoms with van der Waals surface area (Å²) in [6.45, 7) is 3.12. The van der Waals surface area contributed by atoms with Crippen LogP contribution in [0.4, 0.5) is 11.4 Å². The molecule has 1 aliphatic heterocycles. The number of nitrogens with two attached hydrogens (primary N) is 1. The van der Waals surface area contributed by atoms with E-state index in [4.69, 9.17) is 5.73 Å². The number of hydrogen-bond donors (Lipinski definition) is 2. The van der Waals surface area contributed by atoms with Crippen LogP contribution in [0.3, 0.4) is 0 Å². The second-order valence-electron chi connectivity index (χ2n) is 4.83. The molecule has 0 aromatic heterocycles. The molecule has 1 fully saturated rings. The van der Waals surface area contributed by atoms with Gasteiger partial charge in [-0.1, -0.05) is 12.5 Å². The summed E-state index contributed by atoms with van der Waals surface area (Å²) < 4.78 is 0. The lowest BCUT2D eigenvalue weighted by molar-refractivity contribution is -0.116. The molecular formula is C14H21N3O. The van der Waals surface area contributed by atoms with Crippen molar-refractivity contribution in [2.45, 2.75) is 25.7 Å². The number of piperidine rings is 1. The van der Waals surface area contributed by atoms with Gasteiger partial charge in [0.25, 0.3) is 0 Å². The number of carbonyl (C=O) groups is 1. The molecule has 4 heteroatoms. The molecule has 1 aromatic carbocycles. The molecule has 0 radical (unpaired) electrons. The predicted molar refractivity (Wildman–Crippen MR) is 74.4 cm³/mol. The number of benzene rings is 1. The van der Waals surface area contributed by atoms with E-state index in [2.05, 4.69) is 10.2 Å². The zero-order valence-corrected chi connectivity index (χ0v) is 10.7. The van der Waals surface area contributed by atoms with E-state index >= 15 is 0 Å². The van der Waals surface area contributed by atoms with Crippen molar-refractivity contribution in [2.75, 3.05) is 30.7 Å². The number of rotatable bonds is 4. The maximum Gasteiger partial charge on any atom is 0.225 e. The van der Waals surface area contributed by atoms with Crippen LogP contribution < -0.4 is 11.1 Å². The number of anilines is 2. The summed E-state index contributed by atoms with van der Waals surface area (Å²) in [6, 6.07) is 7.28. The van der Waals surface area contributed by atoms with Crippen molar-refractivity contribution in [1.82, 2.24) is 4.90 Å². The SMILES string of the molecule is Nc1cccc(NC(=O)CCN2CCCCC2)c1. The van der Waals surface area contributed by atoms with Gasteiger partial charge in [0.15, 0.2) is 0 Å². The van der Waals surface area contributed by atoms with Crippen LogP contribution in [0.25, 0.3) is 0 Å². The Hall–Kier alpha value is -1.55. The Kier molecular flexibility index (Phi) is 4.59. The maximum absolute atomic E-state index is 11.8. The molecule has 1 amide bonds. The standard InChI is InChI=1S/C14H21N3O/c15-12-5-4-6-13(11-12)16-14(18)7-10-17-8-2-1-3-9-17/h4-6,11H,1-3,7-10,15H2,(H,16,18). The molecule has 18 heavy (non-hydrogen) atoms. The average Bonchev–Trinajstić information content (AvgIpc) is 2.38. The summed E-state index contributed by atoms with van der Waals surface area (Å²) in [4.78, 5) is 14.2. The van der Waals surface area contributed by atoms with Gasteiger partial charge in [-0.25, -0.2) is 0 Å². The molecule has 2 rings (SSSR count).